The summed E-state index contributed by atoms with van der Waals surface area (Å²) < 4.78 is 14.9. The normalized spacial score (nSPS) is 13.4. The SMILES string of the molecule is CCC(O)Cn1c(Cc2ccc3cc2OCCCc2cc(-c4ccc(C(=O)N(C)C)cc4)ccc2COc2cccc-3n2)nc2ccc(COO)cc21. The number of imidazole rings is 1. The van der Waals surface area contributed by atoms with Gasteiger partial charge in [0.15, 0.2) is 0 Å². The number of aryl methyl sites for hydroxylation is 1. The summed E-state index contributed by atoms with van der Waals surface area (Å²) in [6.45, 7) is 3.28. The third kappa shape index (κ3) is 8.10. The van der Waals surface area contributed by atoms with E-state index in [0.717, 1.165) is 80.1 Å². The molecule has 7 rings (SSSR count). The van der Waals surface area contributed by atoms with Crippen LogP contribution in [0.5, 0.6) is 11.6 Å². The highest BCUT2D eigenvalue weighted by Gasteiger charge is 2.19. The van der Waals surface area contributed by atoms with E-state index in [-0.39, 0.29) is 12.5 Å². The highest BCUT2D eigenvalue weighted by Crippen LogP contribution is 2.32. The van der Waals surface area contributed by atoms with Crippen LogP contribution >= 0.6 is 0 Å². The Hall–Kier alpha value is -5.55. The molecule has 0 saturated carbocycles. The zero-order valence-electron chi connectivity index (χ0n) is 30.3. The number of carbonyl (C=O) groups excluding carboxylic acids is 1. The fourth-order valence-electron chi connectivity index (χ4n) is 6.72. The van der Waals surface area contributed by atoms with Crippen LogP contribution in [0, 0.1) is 0 Å². The summed E-state index contributed by atoms with van der Waals surface area (Å²) in [5.41, 5.74) is 10.1. The van der Waals surface area contributed by atoms with Gasteiger partial charge in [-0.05, 0) is 83.5 Å². The lowest BCUT2D eigenvalue weighted by molar-refractivity contribution is -0.252. The average molecular weight is 713 g/mol. The summed E-state index contributed by atoms with van der Waals surface area (Å²) in [7, 11) is 3.51. The van der Waals surface area contributed by atoms with E-state index >= 15 is 0 Å². The number of aromatic nitrogens is 3. The molecule has 272 valence electrons. The molecule has 1 aliphatic rings. The van der Waals surface area contributed by atoms with Gasteiger partial charge in [-0.2, -0.15) is 0 Å². The zero-order valence-corrected chi connectivity index (χ0v) is 30.3. The van der Waals surface area contributed by atoms with Crippen LogP contribution in [-0.2, 0) is 37.5 Å². The third-order valence-electron chi connectivity index (χ3n) is 9.72. The number of pyridine rings is 1. The molecule has 1 amide bonds. The zero-order chi connectivity index (χ0) is 36.9. The molecular weight excluding hydrogens is 668 g/mol. The van der Waals surface area contributed by atoms with Crippen molar-refractivity contribution in [2.24, 2.45) is 0 Å². The van der Waals surface area contributed by atoms with E-state index in [2.05, 4.69) is 33.7 Å². The molecule has 3 heterocycles. The molecule has 4 bridgehead atoms. The van der Waals surface area contributed by atoms with Crippen LogP contribution in [0.25, 0.3) is 33.4 Å². The van der Waals surface area contributed by atoms with Crippen LogP contribution in [-0.4, -0.2) is 62.5 Å². The first-order valence-electron chi connectivity index (χ1n) is 18.0. The monoisotopic (exact) mass is 712 g/mol. The van der Waals surface area contributed by atoms with Crippen molar-refractivity contribution in [2.45, 2.75) is 58.5 Å². The Kier molecular flexibility index (Phi) is 10.8. The fraction of sp³-hybridized carbons (Fsp3) is 0.279. The van der Waals surface area contributed by atoms with Crippen LogP contribution in [0.1, 0.15) is 58.2 Å². The van der Waals surface area contributed by atoms with Gasteiger partial charge < -0.3 is 24.0 Å². The van der Waals surface area contributed by atoms with E-state index < -0.39 is 6.10 Å². The fourth-order valence-corrected chi connectivity index (χ4v) is 6.72. The first-order chi connectivity index (χ1) is 25.8. The minimum atomic E-state index is -0.545. The van der Waals surface area contributed by atoms with Gasteiger partial charge in [0.1, 0.15) is 24.8 Å². The van der Waals surface area contributed by atoms with Crippen molar-refractivity contribution in [3.05, 3.63) is 131 Å². The van der Waals surface area contributed by atoms with Crippen molar-refractivity contribution in [1.29, 1.82) is 0 Å². The molecular formula is C43H44N4O6. The molecule has 0 aliphatic carbocycles. The second kappa shape index (κ2) is 16.0. The Balaban J connectivity index is 1.20. The molecule has 2 aromatic heterocycles. The minimum Gasteiger partial charge on any atom is -0.493 e. The molecule has 0 spiro atoms. The average Bonchev–Trinajstić information content (AvgIpc) is 3.51. The maximum absolute atomic E-state index is 12.4. The number of aliphatic hydroxyl groups excluding tert-OH is 1. The summed E-state index contributed by atoms with van der Waals surface area (Å²) in [6, 6.07) is 31.8. The van der Waals surface area contributed by atoms with Crippen molar-refractivity contribution >= 4 is 16.9 Å². The predicted octanol–water partition coefficient (Wildman–Crippen LogP) is 7.72. The molecule has 10 nitrogen and oxygen atoms in total. The van der Waals surface area contributed by atoms with E-state index in [1.807, 2.05) is 79.7 Å². The van der Waals surface area contributed by atoms with Gasteiger partial charge in [-0.25, -0.2) is 14.9 Å². The molecule has 1 atom stereocenters. The molecule has 1 aliphatic heterocycles. The Bertz CT molecular complexity index is 2230. The number of fused-ring (bicyclic) bond motifs is 7. The largest absolute Gasteiger partial charge is 0.493 e. The number of rotatable bonds is 9. The molecule has 2 N–H and O–H groups in total. The van der Waals surface area contributed by atoms with Crippen molar-refractivity contribution < 1.29 is 29.5 Å². The van der Waals surface area contributed by atoms with Gasteiger partial charge in [-0.15, -0.1) is 0 Å². The summed E-state index contributed by atoms with van der Waals surface area (Å²) >= 11 is 0. The number of amides is 1. The van der Waals surface area contributed by atoms with Crippen LogP contribution < -0.4 is 9.47 Å². The quantitative estimate of drug-likeness (QED) is 0.116. The lowest BCUT2D eigenvalue weighted by Crippen LogP contribution is -2.21. The number of carbonyl (C=O) groups is 1. The molecule has 10 heteroatoms. The van der Waals surface area contributed by atoms with Gasteiger partial charge in [0.05, 0.1) is 36.0 Å². The first kappa shape index (κ1) is 35.8. The van der Waals surface area contributed by atoms with Crippen molar-refractivity contribution in [3.63, 3.8) is 0 Å². The molecule has 6 aromatic rings. The Morgan fingerprint density at radius 2 is 1.72 bits per heavy atom. The van der Waals surface area contributed by atoms with Gasteiger partial charge >= 0.3 is 0 Å². The molecule has 0 radical (unpaired) electrons. The molecule has 53 heavy (non-hydrogen) atoms. The van der Waals surface area contributed by atoms with Gasteiger partial charge in [-0.1, -0.05) is 61.5 Å². The van der Waals surface area contributed by atoms with Crippen LogP contribution in [0.4, 0.5) is 0 Å². The highest BCUT2D eigenvalue weighted by molar-refractivity contribution is 5.94. The van der Waals surface area contributed by atoms with Gasteiger partial charge in [0, 0.05) is 43.3 Å². The van der Waals surface area contributed by atoms with E-state index in [0.29, 0.717) is 44.0 Å². The Morgan fingerprint density at radius 1 is 0.906 bits per heavy atom. The molecule has 0 saturated heterocycles. The standard InChI is InChI=1S/C43H44N4O6/c1-4-36(48)25-47-39-21-28(26-53-50)10-19-38(39)44-41(47)24-34-17-16-33-23-40(34)51-20-6-7-31-22-32(29-11-13-30(14-12-29)43(49)46(2)3)15-18-35(31)27-52-42-9-5-8-37(33)45-42/h5,8-19,21-23,36,48,50H,4,6-7,20,24-27H2,1-3H3. The second-order valence-corrected chi connectivity index (χ2v) is 13.7. The minimum absolute atomic E-state index is 0.0263. The summed E-state index contributed by atoms with van der Waals surface area (Å²) in [6.07, 6.45) is 2.09. The Labute approximate surface area is 309 Å². The smallest absolute Gasteiger partial charge is 0.253 e. The molecule has 0 fully saturated rings. The van der Waals surface area contributed by atoms with Crippen molar-refractivity contribution in [3.8, 4) is 34.0 Å². The second-order valence-electron chi connectivity index (χ2n) is 13.7. The number of benzene rings is 4. The molecule has 4 aromatic carbocycles. The van der Waals surface area contributed by atoms with Gasteiger partial charge in [-0.3, -0.25) is 10.1 Å². The third-order valence-corrected chi connectivity index (χ3v) is 9.72. The number of hydrogen-bond acceptors (Lipinski definition) is 8. The first-order valence-corrected chi connectivity index (χ1v) is 18.0. The van der Waals surface area contributed by atoms with Crippen LogP contribution in [0.15, 0.2) is 97.1 Å². The van der Waals surface area contributed by atoms with Gasteiger partial charge in [0.2, 0.25) is 5.88 Å². The number of nitrogens with zero attached hydrogens (tertiary/aromatic N) is 4. The predicted molar refractivity (Wildman–Crippen MR) is 204 cm³/mol. The van der Waals surface area contributed by atoms with E-state index in [1.54, 1.807) is 19.0 Å². The highest BCUT2D eigenvalue weighted by atomic mass is 17.1. The van der Waals surface area contributed by atoms with E-state index in [4.69, 9.17) is 24.7 Å². The van der Waals surface area contributed by atoms with Crippen LogP contribution in [0.3, 0.4) is 0 Å². The summed E-state index contributed by atoms with van der Waals surface area (Å²) in [4.78, 5) is 28.3. The topological polar surface area (TPSA) is 119 Å². The van der Waals surface area contributed by atoms with E-state index in [9.17, 15) is 9.90 Å². The maximum atomic E-state index is 12.4. The number of hydrogen-bond donors (Lipinski definition) is 2. The number of aliphatic hydroxyl groups is 1. The van der Waals surface area contributed by atoms with Crippen molar-refractivity contribution in [2.75, 3.05) is 20.7 Å². The van der Waals surface area contributed by atoms with E-state index in [1.165, 1.54) is 0 Å². The summed E-state index contributed by atoms with van der Waals surface area (Å²) in [5.74, 6) is 2.06. The van der Waals surface area contributed by atoms with Crippen molar-refractivity contribution in [1.82, 2.24) is 19.4 Å². The molecule has 1 unspecified atom stereocenters. The summed E-state index contributed by atoms with van der Waals surface area (Å²) in [5, 5.41) is 19.8. The lowest BCUT2D eigenvalue weighted by Gasteiger charge is -2.18. The lowest BCUT2D eigenvalue weighted by atomic mass is 9.96. The Morgan fingerprint density at radius 3 is 2.51 bits per heavy atom. The maximum Gasteiger partial charge on any atom is 0.253 e. The van der Waals surface area contributed by atoms with Crippen LogP contribution in [0.2, 0.25) is 0 Å². The number of ether oxygens (including phenoxy) is 2. The van der Waals surface area contributed by atoms with Gasteiger partial charge in [0.25, 0.3) is 5.91 Å².